The van der Waals surface area contributed by atoms with E-state index < -0.39 is 23.0 Å². The lowest BCUT2D eigenvalue weighted by Crippen LogP contribution is -2.42. The van der Waals surface area contributed by atoms with E-state index in [0.29, 0.717) is 23.6 Å². The Bertz CT molecular complexity index is 1410. The van der Waals surface area contributed by atoms with Crippen LogP contribution in [-0.4, -0.2) is 26.6 Å². The fraction of sp³-hybridized carbons (Fsp3) is 0.167. The van der Waals surface area contributed by atoms with E-state index in [1.807, 2.05) is 6.92 Å². The average Bonchev–Trinajstić information content (AvgIpc) is 2.82. The third-order valence-corrected chi connectivity index (χ3v) is 4.99. The Kier molecular flexibility index (Phi) is 6.30. The maximum Gasteiger partial charge on any atom is 0.332 e. The number of amides is 1. The molecule has 0 fully saturated rings. The summed E-state index contributed by atoms with van der Waals surface area (Å²) < 4.78 is 20.8. The highest BCUT2D eigenvalue weighted by Crippen LogP contribution is 2.16. The minimum atomic E-state index is -0.660. The number of rotatable bonds is 7. The number of fused-ring (bicyclic) bond motifs is 1. The number of benzene rings is 2. The number of ether oxygens (including phenoxy) is 1. The van der Waals surface area contributed by atoms with E-state index in [0.717, 1.165) is 4.57 Å². The number of carbonyl (C=O) groups excluding carboxylic acids is 1. The lowest BCUT2D eigenvalue weighted by Gasteiger charge is -2.14. The third-order valence-electron chi connectivity index (χ3n) is 4.99. The third kappa shape index (κ3) is 4.82. The molecule has 1 N–H and O–H groups in total. The molecule has 4 rings (SSSR count). The fourth-order valence-electron chi connectivity index (χ4n) is 3.45. The summed E-state index contributed by atoms with van der Waals surface area (Å²) in [6.45, 7) is 2.01. The first-order chi connectivity index (χ1) is 16.0. The maximum atomic E-state index is 13.2. The van der Waals surface area contributed by atoms with Gasteiger partial charge in [0.25, 0.3) is 5.56 Å². The molecule has 2 aromatic carbocycles. The van der Waals surface area contributed by atoms with Crippen molar-refractivity contribution in [1.82, 2.24) is 14.1 Å². The van der Waals surface area contributed by atoms with E-state index in [1.165, 1.54) is 35.0 Å². The van der Waals surface area contributed by atoms with Gasteiger partial charge in [0.15, 0.2) is 5.52 Å². The van der Waals surface area contributed by atoms with E-state index in [-0.39, 0.29) is 24.1 Å². The van der Waals surface area contributed by atoms with Crippen LogP contribution in [0.1, 0.15) is 12.5 Å². The van der Waals surface area contributed by atoms with Crippen molar-refractivity contribution >= 4 is 22.6 Å². The SMILES string of the molecule is CCOc1ccc(NC(=O)Cn2c(=O)n(Cc3ccc(F)cc3)c(=O)c3ncccc32)cc1. The van der Waals surface area contributed by atoms with Crippen LogP contribution in [0.25, 0.3) is 11.0 Å². The maximum absolute atomic E-state index is 13.2. The van der Waals surface area contributed by atoms with Crippen LogP contribution in [0.4, 0.5) is 10.1 Å². The standard InChI is InChI=1S/C24H21FN4O4/c1-2-33-19-11-9-18(10-12-19)27-21(30)15-28-20-4-3-13-26-22(20)23(31)29(24(28)32)14-16-5-7-17(25)8-6-16/h3-13H,2,14-15H2,1H3,(H,27,30). The molecular formula is C24H21FN4O4. The molecule has 0 spiro atoms. The Balaban J connectivity index is 1.67. The Morgan fingerprint density at radius 1 is 1.03 bits per heavy atom. The smallest absolute Gasteiger partial charge is 0.332 e. The van der Waals surface area contributed by atoms with Crippen LogP contribution in [0.3, 0.4) is 0 Å². The van der Waals surface area contributed by atoms with Gasteiger partial charge >= 0.3 is 5.69 Å². The first kappa shape index (κ1) is 21.9. The Hall–Kier alpha value is -4.27. The van der Waals surface area contributed by atoms with Crippen LogP contribution in [0.2, 0.25) is 0 Å². The second-order valence-corrected chi connectivity index (χ2v) is 7.26. The number of aromatic nitrogens is 3. The molecule has 0 saturated heterocycles. The molecule has 0 radical (unpaired) electrons. The predicted octanol–water partition coefficient (Wildman–Crippen LogP) is 2.78. The monoisotopic (exact) mass is 448 g/mol. The van der Waals surface area contributed by atoms with Crippen LogP contribution >= 0.6 is 0 Å². The highest BCUT2D eigenvalue weighted by atomic mass is 19.1. The van der Waals surface area contributed by atoms with Gasteiger partial charge in [0, 0.05) is 11.9 Å². The number of hydrogen-bond acceptors (Lipinski definition) is 5. The van der Waals surface area contributed by atoms with Gasteiger partial charge in [0.1, 0.15) is 18.1 Å². The average molecular weight is 448 g/mol. The fourth-order valence-corrected chi connectivity index (χ4v) is 3.45. The molecule has 0 atom stereocenters. The molecule has 0 unspecified atom stereocenters. The molecule has 0 aliphatic rings. The largest absolute Gasteiger partial charge is 0.494 e. The number of halogens is 1. The van der Waals surface area contributed by atoms with Crippen molar-refractivity contribution in [3.05, 3.63) is 99.1 Å². The van der Waals surface area contributed by atoms with Gasteiger partial charge in [-0.3, -0.25) is 18.7 Å². The number of nitrogens with zero attached hydrogens (tertiary/aromatic N) is 3. The summed E-state index contributed by atoms with van der Waals surface area (Å²) in [4.78, 5) is 43.0. The summed E-state index contributed by atoms with van der Waals surface area (Å²) in [6, 6.07) is 15.5. The summed E-state index contributed by atoms with van der Waals surface area (Å²) in [6.07, 6.45) is 1.45. The zero-order valence-corrected chi connectivity index (χ0v) is 17.8. The molecule has 9 heteroatoms. The second kappa shape index (κ2) is 9.47. The minimum Gasteiger partial charge on any atom is -0.494 e. The lowest BCUT2D eigenvalue weighted by molar-refractivity contribution is -0.116. The van der Waals surface area contributed by atoms with Gasteiger partial charge in [-0.15, -0.1) is 0 Å². The normalized spacial score (nSPS) is 10.8. The quantitative estimate of drug-likeness (QED) is 0.469. The molecular weight excluding hydrogens is 427 g/mol. The van der Waals surface area contributed by atoms with Crippen molar-refractivity contribution in [2.24, 2.45) is 0 Å². The van der Waals surface area contributed by atoms with Crippen LogP contribution in [-0.2, 0) is 17.9 Å². The summed E-state index contributed by atoms with van der Waals surface area (Å²) in [5.74, 6) is -0.190. The van der Waals surface area contributed by atoms with Gasteiger partial charge in [-0.2, -0.15) is 0 Å². The zero-order chi connectivity index (χ0) is 23.4. The molecule has 0 aliphatic heterocycles. The van der Waals surface area contributed by atoms with Crippen molar-refractivity contribution in [2.75, 3.05) is 11.9 Å². The Labute approximate surface area is 187 Å². The summed E-state index contributed by atoms with van der Waals surface area (Å²) in [7, 11) is 0. The molecule has 1 amide bonds. The van der Waals surface area contributed by atoms with Crippen LogP contribution in [0.5, 0.6) is 5.75 Å². The van der Waals surface area contributed by atoms with E-state index in [4.69, 9.17) is 4.74 Å². The molecule has 0 saturated carbocycles. The van der Waals surface area contributed by atoms with Crippen molar-refractivity contribution in [3.8, 4) is 5.75 Å². The molecule has 0 bridgehead atoms. The molecule has 4 aromatic rings. The molecule has 8 nitrogen and oxygen atoms in total. The van der Waals surface area contributed by atoms with Crippen molar-refractivity contribution < 1.29 is 13.9 Å². The van der Waals surface area contributed by atoms with Crippen LogP contribution in [0, 0.1) is 5.82 Å². The molecule has 33 heavy (non-hydrogen) atoms. The highest BCUT2D eigenvalue weighted by Gasteiger charge is 2.16. The minimum absolute atomic E-state index is 0.0630. The highest BCUT2D eigenvalue weighted by molar-refractivity contribution is 5.91. The van der Waals surface area contributed by atoms with E-state index >= 15 is 0 Å². The van der Waals surface area contributed by atoms with Crippen LogP contribution < -0.4 is 21.3 Å². The van der Waals surface area contributed by atoms with Gasteiger partial charge in [0.05, 0.1) is 18.7 Å². The first-order valence-electron chi connectivity index (χ1n) is 10.3. The second-order valence-electron chi connectivity index (χ2n) is 7.26. The topological polar surface area (TPSA) is 95.2 Å². The van der Waals surface area contributed by atoms with Crippen molar-refractivity contribution in [2.45, 2.75) is 20.0 Å². The summed E-state index contributed by atoms with van der Waals surface area (Å²) in [5, 5.41) is 2.74. The van der Waals surface area contributed by atoms with Crippen LogP contribution in [0.15, 0.2) is 76.4 Å². The number of pyridine rings is 1. The molecule has 0 aliphatic carbocycles. The molecule has 2 aromatic heterocycles. The predicted molar refractivity (Wildman–Crippen MR) is 122 cm³/mol. The Morgan fingerprint density at radius 2 is 1.76 bits per heavy atom. The summed E-state index contributed by atoms with van der Waals surface area (Å²) >= 11 is 0. The Morgan fingerprint density at radius 3 is 2.45 bits per heavy atom. The van der Waals surface area contributed by atoms with Gasteiger partial charge in [-0.05, 0) is 61.0 Å². The van der Waals surface area contributed by atoms with Crippen molar-refractivity contribution in [1.29, 1.82) is 0 Å². The number of carbonyl (C=O) groups is 1. The zero-order valence-electron chi connectivity index (χ0n) is 17.8. The number of anilines is 1. The molecule has 2 heterocycles. The lowest BCUT2D eigenvalue weighted by atomic mass is 10.2. The number of nitrogens with one attached hydrogen (secondary N) is 1. The molecule has 168 valence electrons. The van der Waals surface area contributed by atoms with Crippen molar-refractivity contribution in [3.63, 3.8) is 0 Å². The van der Waals surface area contributed by atoms with Gasteiger partial charge < -0.3 is 10.1 Å². The van der Waals surface area contributed by atoms with E-state index in [2.05, 4.69) is 10.3 Å². The van der Waals surface area contributed by atoms with Gasteiger partial charge in [-0.1, -0.05) is 12.1 Å². The van der Waals surface area contributed by atoms with E-state index in [1.54, 1.807) is 36.4 Å². The van der Waals surface area contributed by atoms with Gasteiger partial charge in [-0.25, -0.2) is 14.2 Å². The van der Waals surface area contributed by atoms with E-state index in [9.17, 15) is 18.8 Å². The number of hydrogen-bond donors (Lipinski definition) is 1. The summed E-state index contributed by atoms with van der Waals surface area (Å²) in [5.41, 5.74) is 0.183. The first-order valence-corrected chi connectivity index (χ1v) is 10.3. The van der Waals surface area contributed by atoms with Gasteiger partial charge in [0.2, 0.25) is 5.91 Å².